The lowest BCUT2D eigenvalue weighted by atomic mass is 10.9. The van der Waals surface area contributed by atoms with E-state index >= 15 is 0 Å². The van der Waals surface area contributed by atoms with Crippen LogP contribution in [0.1, 0.15) is 0 Å². The van der Waals surface area contributed by atoms with Gasteiger partial charge in [-0.1, -0.05) is 0 Å². The molecule has 0 aliphatic rings. The Labute approximate surface area is 109 Å². The molecule has 0 unspecified atom stereocenters. The van der Waals surface area contributed by atoms with Crippen molar-refractivity contribution in [2.45, 2.75) is 0 Å². The fraction of sp³-hybridized carbons (Fsp3) is 0.143. The van der Waals surface area contributed by atoms with Crippen LogP contribution in [0.3, 0.4) is 0 Å². The van der Waals surface area contributed by atoms with Crippen LogP contribution in [0.4, 0.5) is 0 Å². The van der Waals surface area contributed by atoms with Gasteiger partial charge < -0.3 is 28.3 Å². The Morgan fingerprint density at radius 1 is 1.11 bits per heavy atom. The molecule has 0 atom stereocenters. The van der Waals surface area contributed by atoms with Crippen LogP contribution in [-0.2, 0) is 0 Å². The Balaban J connectivity index is -0.000000222. The second kappa shape index (κ2) is 16.7. The summed E-state index contributed by atoms with van der Waals surface area (Å²) in [7, 11) is 1.57. The number of nitrogens with zero attached hydrogens (tertiary/aromatic N) is 5. The summed E-state index contributed by atoms with van der Waals surface area (Å²) in [6, 6.07) is 0. The van der Waals surface area contributed by atoms with Crippen molar-refractivity contribution >= 4 is 17.9 Å². The van der Waals surface area contributed by atoms with Crippen molar-refractivity contribution in [3.63, 3.8) is 0 Å². The molecular weight excluding hydrogens is 252 g/mol. The van der Waals surface area contributed by atoms with Crippen LogP contribution in [-0.4, -0.2) is 24.9 Å². The summed E-state index contributed by atoms with van der Waals surface area (Å²) >= 11 is 0. The van der Waals surface area contributed by atoms with Crippen molar-refractivity contribution in [3.05, 3.63) is 0 Å². The Morgan fingerprint density at radius 3 is 1.74 bits per heavy atom. The van der Waals surface area contributed by atoms with Gasteiger partial charge in [0.25, 0.3) is 0 Å². The fourth-order valence-corrected chi connectivity index (χ4v) is 0.273. The zero-order chi connectivity index (χ0) is 15.7. The van der Waals surface area contributed by atoms with E-state index in [4.69, 9.17) is 44.1 Å². The van der Waals surface area contributed by atoms with Crippen molar-refractivity contribution in [2.24, 2.45) is 32.9 Å². The third-order valence-corrected chi connectivity index (χ3v) is 0.716. The molecule has 19 heavy (non-hydrogen) atoms. The summed E-state index contributed by atoms with van der Waals surface area (Å²) < 4.78 is 0. The average molecular weight is 266 g/mol. The van der Waals surface area contributed by atoms with Crippen LogP contribution in [0.25, 0.3) is 0 Å². The molecule has 11 N–H and O–H groups in total. The predicted molar refractivity (Wildman–Crippen MR) is 68.4 cm³/mol. The molecule has 12 heteroatoms. The van der Waals surface area contributed by atoms with Gasteiger partial charge in [-0.2, -0.15) is 20.8 Å². The third-order valence-electron chi connectivity index (χ3n) is 0.716. The van der Waals surface area contributed by atoms with Crippen LogP contribution in [0.15, 0.2) is 9.98 Å². The molecular formula is C7H14N12. The molecule has 0 rings (SSSR count). The van der Waals surface area contributed by atoms with Crippen LogP contribution in [0, 0.1) is 39.8 Å². The van der Waals surface area contributed by atoms with E-state index in [0.717, 1.165) is 0 Å². The second-order valence-corrected chi connectivity index (χ2v) is 2.12. The molecule has 0 heterocycles. The number of hydrogen-bond donors (Lipinski definition) is 7. The van der Waals surface area contributed by atoms with E-state index in [1.54, 1.807) is 13.2 Å². The zero-order valence-corrected chi connectivity index (χ0v) is 10.0. The topological polar surface area (TPSA) is 248 Å². The summed E-state index contributed by atoms with van der Waals surface area (Å²) in [5.41, 5.74) is 19.2. The summed E-state index contributed by atoms with van der Waals surface area (Å²) in [6.45, 7) is 0. The SMILES string of the molecule is CNC#N.N#CN=C(N)N.N#CNC(N)=NC(=N)N. The number of nitrogens with one attached hydrogen (secondary N) is 3. The smallest absolute Gasteiger partial charge is 0.215 e. The van der Waals surface area contributed by atoms with Crippen molar-refractivity contribution in [1.82, 2.24) is 10.6 Å². The van der Waals surface area contributed by atoms with E-state index in [1.165, 1.54) is 12.4 Å². The van der Waals surface area contributed by atoms with Gasteiger partial charge in [0.2, 0.25) is 24.1 Å². The van der Waals surface area contributed by atoms with Gasteiger partial charge in [-0.15, -0.1) is 4.99 Å². The number of nitrogens with two attached hydrogens (primary N) is 4. The first-order valence-electron chi connectivity index (χ1n) is 4.22. The van der Waals surface area contributed by atoms with E-state index in [-0.39, 0.29) is 11.9 Å². The van der Waals surface area contributed by atoms with Gasteiger partial charge in [0.1, 0.15) is 0 Å². The number of hydrogen-bond acceptors (Lipinski definition) is 6. The van der Waals surface area contributed by atoms with Gasteiger partial charge in [-0.25, -0.2) is 0 Å². The fourth-order valence-electron chi connectivity index (χ4n) is 0.273. The average Bonchev–Trinajstić information content (AvgIpc) is 2.29. The molecule has 0 saturated heterocycles. The standard InChI is InChI=1S/C3H6N6.C2H4N4.C2H4N2/c4-1-8-3(7)9-2(5)6;3-1-6-2(4)5;1-4-2-3/h(H6,5,6,7,8,9);(H4,4,5,6);4H,1H3. The zero-order valence-electron chi connectivity index (χ0n) is 10.0. The lowest BCUT2D eigenvalue weighted by Gasteiger charge is -1.91. The third kappa shape index (κ3) is 40.6. The maximum Gasteiger partial charge on any atom is 0.215 e. The molecule has 0 aliphatic heterocycles. The van der Waals surface area contributed by atoms with Gasteiger partial charge in [0, 0.05) is 7.05 Å². The van der Waals surface area contributed by atoms with Crippen LogP contribution >= 0.6 is 0 Å². The Kier molecular flexibility index (Phi) is 18.2. The molecule has 0 aromatic rings. The number of rotatable bonds is 0. The molecule has 0 amide bonds. The van der Waals surface area contributed by atoms with Crippen molar-refractivity contribution in [2.75, 3.05) is 7.05 Å². The molecule has 0 fully saturated rings. The first-order chi connectivity index (χ1) is 8.85. The van der Waals surface area contributed by atoms with E-state index in [0.29, 0.717) is 0 Å². The normalized spacial score (nSPS) is 7.37. The summed E-state index contributed by atoms with van der Waals surface area (Å²) in [5.74, 6) is -0.808. The first-order valence-corrected chi connectivity index (χ1v) is 4.22. The Hall–Kier alpha value is -3.72. The first kappa shape index (κ1) is 20.7. The predicted octanol–water partition coefficient (Wildman–Crippen LogP) is -3.31. The van der Waals surface area contributed by atoms with Crippen LogP contribution < -0.4 is 33.6 Å². The number of guanidine groups is 3. The van der Waals surface area contributed by atoms with Gasteiger partial charge in [-0.3, -0.25) is 10.7 Å². The molecule has 0 aliphatic carbocycles. The quantitative estimate of drug-likeness (QED) is 0.100. The molecule has 0 radical (unpaired) electrons. The molecule has 0 spiro atoms. The maximum absolute atomic E-state index is 7.92. The molecule has 0 aromatic carbocycles. The lowest BCUT2D eigenvalue weighted by Crippen LogP contribution is -2.29. The molecule has 0 bridgehead atoms. The monoisotopic (exact) mass is 266 g/mol. The van der Waals surface area contributed by atoms with Crippen molar-refractivity contribution in [1.29, 1.82) is 21.2 Å². The minimum atomic E-state index is -0.435. The number of nitriles is 3. The Morgan fingerprint density at radius 2 is 1.58 bits per heavy atom. The van der Waals surface area contributed by atoms with Gasteiger partial charge >= 0.3 is 0 Å². The van der Waals surface area contributed by atoms with Gasteiger partial charge in [0.15, 0.2) is 12.4 Å². The largest absolute Gasteiger partial charge is 0.369 e. The summed E-state index contributed by atoms with van der Waals surface area (Å²) in [5, 5.41) is 33.9. The maximum atomic E-state index is 7.92. The van der Waals surface area contributed by atoms with Crippen LogP contribution in [0.5, 0.6) is 0 Å². The van der Waals surface area contributed by atoms with Crippen LogP contribution in [0.2, 0.25) is 0 Å². The highest BCUT2D eigenvalue weighted by atomic mass is 15.1. The molecule has 102 valence electrons. The minimum absolute atomic E-state index is 0.176. The van der Waals surface area contributed by atoms with Crippen molar-refractivity contribution < 1.29 is 0 Å². The van der Waals surface area contributed by atoms with Gasteiger partial charge in [-0.05, 0) is 0 Å². The number of aliphatic imine (C=N–C) groups is 2. The van der Waals surface area contributed by atoms with E-state index in [1.807, 2.05) is 5.32 Å². The minimum Gasteiger partial charge on any atom is -0.369 e. The summed E-state index contributed by atoms with van der Waals surface area (Å²) in [6.07, 6.45) is 4.60. The highest BCUT2D eigenvalue weighted by Gasteiger charge is 1.86. The second-order valence-electron chi connectivity index (χ2n) is 2.12. The van der Waals surface area contributed by atoms with Gasteiger partial charge in [0.05, 0.1) is 0 Å². The Bertz CT molecular complexity index is 422. The van der Waals surface area contributed by atoms with E-state index in [2.05, 4.69) is 15.3 Å². The van der Waals surface area contributed by atoms with E-state index in [9.17, 15) is 0 Å². The molecule has 12 nitrogen and oxygen atoms in total. The molecule has 0 aromatic heterocycles. The van der Waals surface area contributed by atoms with E-state index < -0.39 is 5.96 Å². The van der Waals surface area contributed by atoms with Crippen molar-refractivity contribution in [3.8, 4) is 18.6 Å². The summed E-state index contributed by atoms with van der Waals surface area (Å²) in [4.78, 5) is 6.09. The lowest BCUT2D eigenvalue weighted by molar-refractivity contribution is 1.11. The molecule has 0 saturated carbocycles. The highest BCUT2D eigenvalue weighted by molar-refractivity contribution is 5.92. The highest BCUT2D eigenvalue weighted by Crippen LogP contribution is 1.61.